The van der Waals surface area contributed by atoms with Gasteiger partial charge in [-0.05, 0) is 50.3 Å². The highest BCUT2D eigenvalue weighted by molar-refractivity contribution is 14.0. The number of aromatic amines is 1. The van der Waals surface area contributed by atoms with Crippen LogP contribution in [0.1, 0.15) is 11.1 Å². The average molecular weight is 539 g/mol. The number of rotatable bonds is 9. The standard InChI is InChI=1S/C23H30FN5O.HI/c1-25-23(26-11-10-17-15-27-21-14-19(24)8-9-20(17)21)28-16-18-6-4-5-7-22(18)30-13-12-29(2)3;/h4-9,14-15,27H,10-13,16H2,1-3H3,(H2,25,26,28);1H. The van der Waals surface area contributed by atoms with Crippen LogP contribution in [-0.4, -0.2) is 56.7 Å². The number of nitrogens with zero attached hydrogens (tertiary/aromatic N) is 2. The number of halogens is 2. The average Bonchev–Trinajstić information content (AvgIpc) is 3.13. The van der Waals surface area contributed by atoms with Gasteiger partial charge in [-0.25, -0.2) is 4.39 Å². The molecule has 0 saturated heterocycles. The lowest BCUT2D eigenvalue weighted by molar-refractivity contribution is 0.259. The number of hydrogen-bond donors (Lipinski definition) is 3. The molecule has 0 radical (unpaired) electrons. The SMILES string of the molecule is CN=C(NCCc1c[nH]c2cc(F)ccc12)NCc1ccccc1OCCN(C)C.I. The third kappa shape index (κ3) is 7.39. The summed E-state index contributed by atoms with van der Waals surface area (Å²) in [6, 6.07) is 12.9. The quantitative estimate of drug-likeness (QED) is 0.220. The molecule has 168 valence electrons. The molecular weight excluding hydrogens is 508 g/mol. The normalized spacial score (nSPS) is 11.5. The zero-order chi connectivity index (χ0) is 21.3. The predicted octanol–water partition coefficient (Wildman–Crippen LogP) is 3.77. The Hall–Kier alpha value is -2.33. The third-order valence-corrected chi connectivity index (χ3v) is 4.85. The summed E-state index contributed by atoms with van der Waals surface area (Å²) in [6.07, 6.45) is 2.74. The van der Waals surface area contributed by atoms with E-state index in [1.807, 2.05) is 44.6 Å². The Morgan fingerprint density at radius 3 is 2.71 bits per heavy atom. The van der Waals surface area contributed by atoms with Gasteiger partial charge in [-0.2, -0.15) is 0 Å². The molecule has 2 aromatic carbocycles. The Morgan fingerprint density at radius 2 is 1.94 bits per heavy atom. The fourth-order valence-electron chi connectivity index (χ4n) is 3.21. The molecule has 0 unspecified atom stereocenters. The van der Waals surface area contributed by atoms with Crippen molar-refractivity contribution in [3.05, 3.63) is 65.6 Å². The van der Waals surface area contributed by atoms with E-state index in [0.717, 1.165) is 46.7 Å². The summed E-state index contributed by atoms with van der Waals surface area (Å²) < 4.78 is 19.3. The zero-order valence-electron chi connectivity index (χ0n) is 18.2. The van der Waals surface area contributed by atoms with Crippen molar-refractivity contribution in [1.82, 2.24) is 20.5 Å². The molecule has 0 atom stereocenters. The van der Waals surface area contributed by atoms with Crippen molar-refractivity contribution in [3.63, 3.8) is 0 Å². The number of para-hydroxylation sites is 1. The summed E-state index contributed by atoms with van der Waals surface area (Å²) in [5, 5.41) is 7.72. The lowest BCUT2D eigenvalue weighted by Gasteiger charge is -2.16. The van der Waals surface area contributed by atoms with Crippen LogP contribution in [0.3, 0.4) is 0 Å². The number of H-pyrrole nitrogens is 1. The summed E-state index contributed by atoms with van der Waals surface area (Å²) >= 11 is 0. The first kappa shape index (κ1) is 24.9. The van der Waals surface area contributed by atoms with Gasteiger partial charge in [0.05, 0.1) is 0 Å². The minimum Gasteiger partial charge on any atom is -0.492 e. The van der Waals surface area contributed by atoms with Crippen molar-refractivity contribution in [2.75, 3.05) is 40.8 Å². The van der Waals surface area contributed by atoms with Crippen LogP contribution in [0.25, 0.3) is 10.9 Å². The molecule has 6 nitrogen and oxygen atoms in total. The highest BCUT2D eigenvalue weighted by Gasteiger charge is 2.07. The third-order valence-electron chi connectivity index (χ3n) is 4.85. The van der Waals surface area contributed by atoms with Crippen molar-refractivity contribution in [3.8, 4) is 5.75 Å². The van der Waals surface area contributed by atoms with E-state index in [-0.39, 0.29) is 29.8 Å². The highest BCUT2D eigenvalue weighted by Crippen LogP contribution is 2.19. The van der Waals surface area contributed by atoms with Crippen molar-refractivity contribution < 1.29 is 9.13 Å². The molecule has 0 bridgehead atoms. The van der Waals surface area contributed by atoms with Crippen LogP contribution in [0.5, 0.6) is 5.75 Å². The maximum Gasteiger partial charge on any atom is 0.191 e. The van der Waals surface area contributed by atoms with Crippen LogP contribution in [-0.2, 0) is 13.0 Å². The summed E-state index contributed by atoms with van der Waals surface area (Å²) in [5.41, 5.74) is 3.05. The molecule has 0 amide bonds. The van der Waals surface area contributed by atoms with E-state index in [9.17, 15) is 4.39 Å². The number of benzene rings is 2. The van der Waals surface area contributed by atoms with Gasteiger partial charge in [0.1, 0.15) is 18.2 Å². The van der Waals surface area contributed by atoms with Gasteiger partial charge in [-0.1, -0.05) is 18.2 Å². The largest absolute Gasteiger partial charge is 0.492 e. The number of likely N-dealkylation sites (N-methyl/N-ethyl adjacent to an activating group) is 1. The van der Waals surface area contributed by atoms with Crippen LogP contribution in [0, 0.1) is 5.82 Å². The van der Waals surface area contributed by atoms with E-state index >= 15 is 0 Å². The number of aliphatic imine (C=N–C) groups is 1. The van der Waals surface area contributed by atoms with Crippen molar-refractivity contribution in [2.45, 2.75) is 13.0 Å². The molecule has 3 N–H and O–H groups in total. The second-order valence-electron chi connectivity index (χ2n) is 7.37. The minimum atomic E-state index is -0.232. The van der Waals surface area contributed by atoms with E-state index in [4.69, 9.17) is 4.74 Å². The topological polar surface area (TPSA) is 64.7 Å². The Bertz CT molecular complexity index is 989. The smallest absolute Gasteiger partial charge is 0.191 e. The van der Waals surface area contributed by atoms with Gasteiger partial charge in [-0.15, -0.1) is 24.0 Å². The van der Waals surface area contributed by atoms with Gasteiger partial charge in [-0.3, -0.25) is 4.99 Å². The second kappa shape index (κ2) is 12.5. The van der Waals surface area contributed by atoms with Crippen LogP contribution in [0.4, 0.5) is 4.39 Å². The van der Waals surface area contributed by atoms with Gasteiger partial charge in [0.2, 0.25) is 0 Å². The fourth-order valence-corrected chi connectivity index (χ4v) is 3.21. The van der Waals surface area contributed by atoms with Gasteiger partial charge in [0.25, 0.3) is 0 Å². The first-order valence-corrected chi connectivity index (χ1v) is 10.1. The van der Waals surface area contributed by atoms with Crippen molar-refractivity contribution in [1.29, 1.82) is 0 Å². The predicted molar refractivity (Wildman–Crippen MR) is 136 cm³/mol. The van der Waals surface area contributed by atoms with E-state index in [2.05, 4.69) is 31.6 Å². The molecule has 1 heterocycles. The van der Waals surface area contributed by atoms with E-state index in [1.54, 1.807) is 7.05 Å². The molecule has 0 fully saturated rings. The van der Waals surface area contributed by atoms with E-state index < -0.39 is 0 Å². The van der Waals surface area contributed by atoms with Gasteiger partial charge in [0.15, 0.2) is 5.96 Å². The molecule has 3 aromatic rings. The number of fused-ring (bicyclic) bond motifs is 1. The van der Waals surface area contributed by atoms with Crippen molar-refractivity contribution >= 4 is 40.8 Å². The van der Waals surface area contributed by atoms with Gasteiger partial charge < -0.3 is 25.3 Å². The molecule has 1 aromatic heterocycles. The van der Waals surface area contributed by atoms with E-state index in [1.165, 1.54) is 12.1 Å². The monoisotopic (exact) mass is 539 g/mol. The number of nitrogens with one attached hydrogen (secondary N) is 3. The summed E-state index contributed by atoms with van der Waals surface area (Å²) in [5.74, 6) is 1.38. The Morgan fingerprint density at radius 1 is 1.13 bits per heavy atom. The molecule has 0 aliphatic rings. The van der Waals surface area contributed by atoms with Gasteiger partial charge in [0, 0.05) is 49.3 Å². The van der Waals surface area contributed by atoms with Gasteiger partial charge >= 0.3 is 0 Å². The Balaban J connectivity index is 0.00000341. The molecule has 3 rings (SSSR count). The Labute approximate surface area is 200 Å². The van der Waals surface area contributed by atoms with E-state index in [0.29, 0.717) is 19.7 Å². The Kier molecular flexibility index (Phi) is 10.1. The maximum atomic E-state index is 13.3. The molecule has 0 saturated carbocycles. The maximum absolute atomic E-state index is 13.3. The first-order chi connectivity index (χ1) is 14.6. The lowest BCUT2D eigenvalue weighted by atomic mass is 10.1. The number of guanidine groups is 1. The van der Waals surface area contributed by atoms with Crippen LogP contribution in [0.2, 0.25) is 0 Å². The number of hydrogen-bond acceptors (Lipinski definition) is 3. The number of ether oxygens (including phenoxy) is 1. The summed E-state index contributed by atoms with van der Waals surface area (Å²) in [6.45, 7) is 2.84. The van der Waals surface area contributed by atoms with Crippen LogP contribution in [0.15, 0.2) is 53.7 Å². The fraction of sp³-hybridized carbons (Fsp3) is 0.348. The summed E-state index contributed by atoms with van der Waals surface area (Å²) in [7, 11) is 5.81. The summed E-state index contributed by atoms with van der Waals surface area (Å²) in [4.78, 5) is 9.52. The molecule has 31 heavy (non-hydrogen) atoms. The minimum absolute atomic E-state index is 0. The molecule has 0 aliphatic heterocycles. The number of aromatic nitrogens is 1. The van der Waals surface area contributed by atoms with Crippen LogP contribution >= 0.6 is 24.0 Å². The zero-order valence-corrected chi connectivity index (χ0v) is 20.6. The molecule has 8 heteroatoms. The lowest BCUT2D eigenvalue weighted by Crippen LogP contribution is -2.37. The molecule has 0 aliphatic carbocycles. The molecule has 0 spiro atoms. The highest BCUT2D eigenvalue weighted by atomic mass is 127. The van der Waals surface area contributed by atoms with Crippen LogP contribution < -0.4 is 15.4 Å². The second-order valence-corrected chi connectivity index (χ2v) is 7.37. The van der Waals surface area contributed by atoms with Crippen molar-refractivity contribution in [2.24, 2.45) is 4.99 Å². The first-order valence-electron chi connectivity index (χ1n) is 10.1. The molecular formula is C23H31FIN5O.